The summed E-state index contributed by atoms with van der Waals surface area (Å²) in [5.74, 6) is 0.124. The summed E-state index contributed by atoms with van der Waals surface area (Å²) < 4.78 is 5.15. The molecule has 0 amide bonds. The highest BCUT2D eigenvalue weighted by Gasteiger charge is 2.09. The van der Waals surface area contributed by atoms with Crippen LogP contribution < -0.4 is 10.5 Å². The van der Waals surface area contributed by atoms with E-state index in [2.05, 4.69) is 4.98 Å². The maximum absolute atomic E-state index is 11.6. The Hall–Kier alpha value is -1.72. The molecule has 0 aliphatic rings. The van der Waals surface area contributed by atoms with Gasteiger partial charge in [-0.15, -0.1) is 11.3 Å². The van der Waals surface area contributed by atoms with E-state index in [-0.39, 0.29) is 5.97 Å². The first-order valence-electron chi connectivity index (χ1n) is 4.69. The molecule has 0 radical (unpaired) electrons. The maximum Gasteiger partial charge on any atom is 0.355 e. The van der Waals surface area contributed by atoms with E-state index in [0.717, 1.165) is 5.56 Å². The van der Waals surface area contributed by atoms with Gasteiger partial charge in [-0.1, -0.05) is 12.1 Å². The molecule has 1 aromatic heterocycles. The molecule has 2 rings (SSSR count). The van der Waals surface area contributed by atoms with Gasteiger partial charge in [-0.2, -0.15) is 0 Å². The summed E-state index contributed by atoms with van der Waals surface area (Å²) in [7, 11) is 0. The Morgan fingerprint density at radius 3 is 2.69 bits per heavy atom. The van der Waals surface area contributed by atoms with Gasteiger partial charge >= 0.3 is 5.97 Å². The van der Waals surface area contributed by atoms with Crippen molar-refractivity contribution in [2.45, 2.75) is 6.54 Å². The molecule has 0 aliphatic carbocycles. The van der Waals surface area contributed by atoms with Crippen LogP contribution in [0.25, 0.3) is 0 Å². The number of ether oxygens (including phenoxy) is 1. The van der Waals surface area contributed by atoms with Gasteiger partial charge in [0, 0.05) is 6.54 Å². The second-order valence-corrected chi connectivity index (χ2v) is 3.99. The molecule has 1 aromatic carbocycles. The molecule has 82 valence electrons. The molecule has 4 nitrogen and oxygen atoms in total. The smallest absolute Gasteiger partial charge is 0.355 e. The lowest BCUT2D eigenvalue weighted by atomic mass is 10.2. The van der Waals surface area contributed by atoms with Crippen molar-refractivity contribution in [1.82, 2.24) is 4.98 Å². The van der Waals surface area contributed by atoms with Crippen LogP contribution in [0, 0.1) is 0 Å². The first-order chi connectivity index (χ1) is 7.79. The summed E-state index contributed by atoms with van der Waals surface area (Å²) in [4.78, 5) is 15.9. The number of hydrogen-bond donors (Lipinski definition) is 1. The Labute approximate surface area is 96.7 Å². The van der Waals surface area contributed by atoms with Crippen LogP contribution in [0.15, 0.2) is 36.0 Å². The highest BCUT2D eigenvalue weighted by molar-refractivity contribution is 7.11. The van der Waals surface area contributed by atoms with Crippen molar-refractivity contribution in [2.24, 2.45) is 5.73 Å². The zero-order valence-corrected chi connectivity index (χ0v) is 9.24. The van der Waals surface area contributed by atoms with Gasteiger partial charge in [-0.25, -0.2) is 4.79 Å². The molecule has 0 saturated carbocycles. The van der Waals surface area contributed by atoms with E-state index in [9.17, 15) is 4.79 Å². The third kappa shape index (κ3) is 2.44. The predicted molar refractivity (Wildman–Crippen MR) is 61.4 cm³/mol. The molecule has 0 atom stereocenters. The zero-order chi connectivity index (χ0) is 11.4. The first kappa shape index (κ1) is 10.8. The minimum absolute atomic E-state index is 0.386. The number of nitrogens with zero attached hydrogens (tertiary/aromatic N) is 1. The fourth-order valence-corrected chi connectivity index (χ4v) is 1.66. The topological polar surface area (TPSA) is 65.2 Å². The van der Waals surface area contributed by atoms with Crippen LogP contribution in [0.1, 0.15) is 15.2 Å². The number of benzene rings is 1. The standard InChI is InChI=1S/C11H10N2O2S/c12-5-8-1-3-9(4-2-8)15-11(14)10-6-13-7-16-10/h1-4,6-7H,5,12H2. The maximum atomic E-state index is 11.6. The van der Waals surface area contributed by atoms with E-state index in [4.69, 9.17) is 10.5 Å². The third-order valence-electron chi connectivity index (χ3n) is 2.00. The average molecular weight is 234 g/mol. The minimum atomic E-state index is -0.386. The summed E-state index contributed by atoms with van der Waals surface area (Å²) in [6.45, 7) is 0.475. The van der Waals surface area contributed by atoms with Crippen LogP contribution in [0.3, 0.4) is 0 Å². The summed E-state index contributed by atoms with van der Waals surface area (Å²) >= 11 is 1.25. The number of hydrogen-bond acceptors (Lipinski definition) is 5. The van der Waals surface area contributed by atoms with E-state index < -0.39 is 0 Å². The van der Waals surface area contributed by atoms with E-state index in [1.165, 1.54) is 17.5 Å². The van der Waals surface area contributed by atoms with E-state index in [0.29, 0.717) is 17.2 Å². The van der Waals surface area contributed by atoms with Crippen LogP contribution in [-0.4, -0.2) is 11.0 Å². The fourth-order valence-electron chi connectivity index (χ4n) is 1.17. The lowest BCUT2D eigenvalue weighted by molar-refractivity contribution is 0.0739. The van der Waals surface area contributed by atoms with Gasteiger partial charge in [-0.05, 0) is 17.7 Å². The monoisotopic (exact) mass is 234 g/mol. The van der Waals surface area contributed by atoms with E-state index >= 15 is 0 Å². The normalized spacial score (nSPS) is 10.1. The second kappa shape index (κ2) is 4.87. The lowest BCUT2D eigenvalue weighted by Gasteiger charge is -2.02. The Bertz CT molecular complexity index is 465. The van der Waals surface area contributed by atoms with E-state index in [1.54, 1.807) is 17.6 Å². The predicted octanol–water partition coefficient (Wildman–Crippen LogP) is 1.82. The van der Waals surface area contributed by atoms with Crippen LogP contribution in [0.2, 0.25) is 0 Å². The number of carbonyl (C=O) groups excluding carboxylic acids is 1. The van der Waals surface area contributed by atoms with Crippen molar-refractivity contribution in [1.29, 1.82) is 0 Å². The number of rotatable bonds is 3. The van der Waals surface area contributed by atoms with Gasteiger partial charge in [-0.3, -0.25) is 4.98 Å². The van der Waals surface area contributed by atoms with Gasteiger partial charge in [0.15, 0.2) is 0 Å². The first-order valence-corrected chi connectivity index (χ1v) is 5.57. The summed E-state index contributed by atoms with van der Waals surface area (Å²) in [5, 5.41) is 0. The summed E-state index contributed by atoms with van der Waals surface area (Å²) in [6, 6.07) is 7.10. The van der Waals surface area contributed by atoms with Crippen molar-refractivity contribution in [3.8, 4) is 5.75 Å². The minimum Gasteiger partial charge on any atom is -0.422 e. The highest BCUT2D eigenvalue weighted by atomic mass is 32.1. The number of thiazole rings is 1. The molecule has 0 fully saturated rings. The Morgan fingerprint density at radius 1 is 1.38 bits per heavy atom. The van der Waals surface area contributed by atoms with Crippen molar-refractivity contribution >= 4 is 17.3 Å². The molecule has 2 N–H and O–H groups in total. The van der Waals surface area contributed by atoms with Crippen LogP contribution in [0.5, 0.6) is 5.75 Å². The molecule has 1 heterocycles. The van der Waals surface area contributed by atoms with Crippen LogP contribution >= 0.6 is 11.3 Å². The number of esters is 1. The molecular weight excluding hydrogens is 224 g/mol. The Balaban J connectivity index is 2.06. The Morgan fingerprint density at radius 2 is 2.12 bits per heavy atom. The van der Waals surface area contributed by atoms with Crippen LogP contribution in [-0.2, 0) is 6.54 Å². The molecule has 2 aromatic rings. The van der Waals surface area contributed by atoms with Crippen molar-refractivity contribution < 1.29 is 9.53 Å². The van der Waals surface area contributed by atoms with Crippen molar-refractivity contribution in [2.75, 3.05) is 0 Å². The Kier molecular flexibility index (Phi) is 3.28. The van der Waals surface area contributed by atoms with Crippen molar-refractivity contribution in [3.63, 3.8) is 0 Å². The number of nitrogens with two attached hydrogens (primary N) is 1. The van der Waals surface area contributed by atoms with E-state index in [1.807, 2.05) is 12.1 Å². The molecule has 0 saturated heterocycles. The molecule has 0 aliphatic heterocycles. The summed E-state index contributed by atoms with van der Waals surface area (Å²) in [6.07, 6.45) is 1.49. The van der Waals surface area contributed by atoms with Crippen LogP contribution in [0.4, 0.5) is 0 Å². The molecule has 0 bridgehead atoms. The van der Waals surface area contributed by atoms with Gasteiger partial charge in [0.1, 0.15) is 10.6 Å². The lowest BCUT2D eigenvalue weighted by Crippen LogP contribution is -2.06. The van der Waals surface area contributed by atoms with Crippen molar-refractivity contribution in [3.05, 3.63) is 46.4 Å². The third-order valence-corrected chi connectivity index (χ3v) is 2.76. The number of aromatic nitrogens is 1. The van der Waals surface area contributed by atoms with Gasteiger partial charge < -0.3 is 10.5 Å². The summed E-state index contributed by atoms with van der Waals surface area (Å²) in [5.41, 5.74) is 8.05. The number of carbonyl (C=O) groups is 1. The SMILES string of the molecule is NCc1ccc(OC(=O)c2cncs2)cc1. The molecular formula is C11H10N2O2S. The zero-order valence-electron chi connectivity index (χ0n) is 8.42. The average Bonchev–Trinajstić information content (AvgIpc) is 2.83. The fraction of sp³-hybridized carbons (Fsp3) is 0.0909. The second-order valence-electron chi connectivity index (χ2n) is 3.10. The molecule has 5 heteroatoms. The molecule has 16 heavy (non-hydrogen) atoms. The van der Waals surface area contributed by atoms with Gasteiger partial charge in [0.05, 0.1) is 11.7 Å². The molecule has 0 spiro atoms. The van der Waals surface area contributed by atoms with Gasteiger partial charge in [0.25, 0.3) is 0 Å². The molecule has 0 unspecified atom stereocenters. The highest BCUT2D eigenvalue weighted by Crippen LogP contribution is 2.15. The largest absolute Gasteiger partial charge is 0.422 e. The quantitative estimate of drug-likeness (QED) is 0.650. The van der Waals surface area contributed by atoms with Gasteiger partial charge in [0.2, 0.25) is 0 Å².